The number of hydrogen-bond acceptors (Lipinski definition) is 3. The minimum atomic E-state index is -4.31. The van der Waals surface area contributed by atoms with E-state index in [1.807, 2.05) is 20.8 Å². The first-order valence-corrected chi connectivity index (χ1v) is 8.65. The van der Waals surface area contributed by atoms with Gasteiger partial charge in [-0.1, -0.05) is 32.9 Å². The average molecular weight is 382 g/mol. The van der Waals surface area contributed by atoms with Gasteiger partial charge in [0.25, 0.3) is 0 Å². The Morgan fingerprint density at radius 3 is 2.30 bits per heavy atom. The number of halogens is 3. The van der Waals surface area contributed by atoms with Gasteiger partial charge in [-0.05, 0) is 24.1 Å². The van der Waals surface area contributed by atoms with Gasteiger partial charge in [-0.3, -0.25) is 4.99 Å². The quantitative estimate of drug-likeness (QED) is 0.608. The average Bonchev–Trinajstić information content (AvgIpc) is 3.07. The number of aromatic nitrogens is 1. The summed E-state index contributed by atoms with van der Waals surface area (Å²) in [5, 5.41) is 6.22. The summed E-state index contributed by atoms with van der Waals surface area (Å²) in [6, 6.07) is 5.17. The Labute approximate surface area is 157 Å². The Bertz CT molecular complexity index is 758. The lowest BCUT2D eigenvalue weighted by atomic mass is 9.94. The topological polar surface area (TPSA) is 62.5 Å². The van der Waals surface area contributed by atoms with E-state index in [4.69, 9.17) is 4.42 Å². The van der Waals surface area contributed by atoms with E-state index >= 15 is 0 Å². The van der Waals surface area contributed by atoms with Crippen molar-refractivity contribution in [2.24, 2.45) is 4.99 Å². The molecule has 0 radical (unpaired) electrons. The summed E-state index contributed by atoms with van der Waals surface area (Å²) in [5.41, 5.74) is 0.0676. The second-order valence-electron chi connectivity index (χ2n) is 7.17. The highest BCUT2D eigenvalue weighted by molar-refractivity contribution is 5.79. The number of nitrogens with one attached hydrogen (secondary N) is 2. The maximum atomic E-state index is 12.6. The molecule has 0 aliphatic carbocycles. The third kappa shape index (κ3) is 6.30. The highest BCUT2D eigenvalue weighted by atomic mass is 19.4. The molecular formula is C19H25F3N4O. The molecule has 1 heterocycles. The van der Waals surface area contributed by atoms with Crippen LogP contribution < -0.4 is 10.6 Å². The Hall–Kier alpha value is -2.51. The summed E-state index contributed by atoms with van der Waals surface area (Å²) in [6.45, 7) is 7.06. The van der Waals surface area contributed by atoms with E-state index in [9.17, 15) is 13.2 Å². The Kier molecular flexibility index (Phi) is 6.51. The smallest absolute Gasteiger partial charge is 0.416 e. The maximum Gasteiger partial charge on any atom is 0.416 e. The molecule has 27 heavy (non-hydrogen) atoms. The van der Waals surface area contributed by atoms with E-state index in [0.29, 0.717) is 31.4 Å². The lowest BCUT2D eigenvalue weighted by Crippen LogP contribution is -2.37. The molecule has 1 aromatic heterocycles. The van der Waals surface area contributed by atoms with Crippen LogP contribution in [0.1, 0.15) is 43.5 Å². The second kappa shape index (κ2) is 8.45. The zero-order valence-corrected chi connectivity index (χ0v) is 15.9. The first-order chi connectivity index (χ1) is 12.6. The summed E-state index contributed by atoms with van der Waals surface area (Å²) in [5.74, 6) is 1.94. The molecule has 0 amide bonds. The monoisotopic (exact) mass is 382 g/mol. The van der Waals surface area contributed by atoms with Crippen molar-refractivity contribution in [1.82, 2.24) is 15.6 Å². The van der Waals surface area contributed by atoms with Crippen molar-refractivity contribution >= 4 is 5.96 Å². The van der Waals surface area contributed by atoms with Gasteiger partial charge in [-0.25, -0.2) is 4.98 Å². The normalized spacial score (nSPS) is 12.9. The Morgan fingerprint density at radius 1 is 1.11 bits per heavy atom. The highest BCUT2D eigenvalue weighted by Gasteiger charge is 2.29. The van der Waals surface area contributed by atoms with Gasteiger partial charge in [0.05, 0.1) is 18.3 Å². The zero-order chi connectivity index (χ0) is 20.1. The second-order valence-corrected chi connectivity index (χ2v) is 7.17. The van der Waals surface area contributed by atoms with Crippen LogP contribution in [0.4, 0.5) is 13.2 Å². The predicted molar refractivity (Wildman–Crippen MR) is 98.6 cm³/mol. The van der Waals surface area contributed by atoms with Gasteiger partial charge in [0.1, 0.15) is 5.76 Å². The first-order valence-electron chi connectivity index (χ1n) is 8.65. The molecule has 0 fully saturated rings. The lowest BCUT2D eigenvalue weighted by Gasteiger charge is -2.13. The third-order valence-corrected chi connectivity index (χ3v) is 3.91. The van der Waals surface area contributed by atoms with Crippen molar-refractivity contribution in [1.29, 1.82) is 0 Å². The van der Waals surface area contributed by atoms with Crippen molar-refractivity contribution < 1.29 is 17.6 Å². The largest absolute Gasteiger partial charge is 0.443 e. The fraction of sp³-hybridized carbons (Fsp3) is 0.474. The van der Waals surface area contributed by atoms with Crippen LogP contribution >= 0.6 is 0 Å². The molecular weight excluding hydrogens is 357 g/mol. The number of nitrogens with zero attached hydrogens (tertiary/aromatic N) is 2. The first kappa shape index (κ1) is 20.8. The van der Waals surface area contributed by atoms with Gasteiger partial charge >= 0.3 is 6.18 Å². The SMILES string of the molecule is CN=C(NCCc1ccc(C(F)(F)F)cc1)NCc1ncc(C(C)(C)C)o1. The Morgan fingerprint density at radius 2 is 1.78 bits per heavy atom. The molecule has 0 bridgehead atoms. The van der Waals surface area contributed by atoms with Gasteiger partial charge in [0, 0.05) is 19.0 Å². The van der Waals surface area contributed by atoms with Crippen molar-refractivity contribution in [2.75, 3.05) is 13.6 Å². The van der Waals surface area contributed by atoms with Gasteiger partial charge < -0.3 is 15.1 Å². The number of oxazole rings is 1. The molecule has 0 spiro atoms. The van der Waals surface area contributed by atoms with E-state index in [1.165, 1.54) is 12.1 Å². The molecule has 0 aliphatic rings. The molecule has 5 nitrogen and oxygen atoms in total. The number of hydrogen-bond donors (Lipinski definition) is 2. The van der Waals surface area contributed by atoms with Crippen molar-refractivity contribution in [3.8, 4) is 0 Å². The number of aliphatic imine (C=N–C) groups is 1. The minimum Gasteiger partial charge on any atom is -0.443 e. The summed E-state index contributed by atoms with van der Waals surface area (Å²) in [6.07, 6.45) is -2.01. The summed E-state index contributed by atoms with van der Waals surface area (Å²) >= 11 is 0. The number of rotatable bonds is 5. The number of alkyl halides is 3. The number of guanidine groups is 1. The molecule has 8 heteroatoms. The van der Waals surface area contributed by atoms with E-state index in [2.05, 4.69) is 20.6 Å². The van der Waals surface area contributed by atoms with Crippen molar-refractivity contribution in [3.05, 3.63) is 53.2 Å². The van der Waals surface area contributed by atoms with Crippen LogP contribution in [-0.2, 0) is 24.6 Å². The standard InChI is InChI=1S/C19H25F3N4O/c1-18(2,3)15-11-25-16(27-15)12-26-17(23-4)24-10-9-13-5-7-14(8-6-13)19(20,21)22/h5-8,11H,9-10,12H2,1-4H3,(H2,23,24,26). The van der Waals surface area contributed by atoms with Crippen LogP contribution in [0, 0.1) is 0 Å². The molecule has 0 saturated carbocycles. The fourth-order valence-corrected chi connectivity index (χ4v) is 2.30. The van der Waals surface area contributed by atoms with E-state index in [0.717, 1.165) is 23.5 Å². The summed E-state index contributed by atoms with van der Waals surface area (Å²) < 4.78 is 43.4. The van der Waals surface area contributed by atoms with Crippen molar-refractivity contribution in [2.45, 2.75) is 45.3 Å². The predicted octanol–water partition coefficient (Wildman–Crippen LogP) is 3.90. The van der Waals surface area contributed by atoms with Crippen LogP contribution in [0.3, 0.4) is 0 Å². The lowest BCUT2D eigenvalue weighted by molar-refractivity contribution is -0.137. The minimum absolute atomic E-state index is 0.104. The Balaban J connectivity index is 1.80. The molecule has 0 unspecified atom stereocenters. The fourth-order valence-electron chi connectivity index (χ4n) is 2.30. The van der Waals surface area contributed by atoms with E-state index in [1.54, 1.807) is 13.2 Å². The highest BCUT2D eigenvalue weighted by Crippen LogP contribution is 2.29. The molecule has 2 N–H and O–H groups in total. The van der Waals surface area contributed by atoms with Crippen molar-refractivity contribution in [3.63, 3.8) is 0 Å². The van der Waals surface area contributed by atoms with Crippen LogP contribution in [0.5, 0.6) is 0 Å². The zero-order valence-electron chi connectivity index (χ0n) is 15.9. The van der Waals surface area contributed by atoms with E-state index in [-0.39, 0.29) is 5.41 Å². The number of benzene rings is 1. The van der Waals surface area contributed by atoms with Crippen LogP contribution in [0.15, 0.2) is 39.9 Å². The molecule has 148 valence electrons. The molecule has 0 aliphatic heterocycles. The van der Waals surface area contributed by atoms with Crippen LogP contribution in [0.25, 0.3) is 0 Å². The van der Waals surface area contributed by atoms with Crippen LogP contribution in [-0.4, -0.2) is 24.5 Å². The summed E-state index contributed by atoms with van der Waals surface area (Å²) in [4.78, 5) is 8.35. The summed E-state index contributed by atoms with van der Waals surface area (Å²) in [7, 11) is 1.64. The molecule has 0 saturated heterocycles. The van der Waals surface area contributed by atoms with Gasteiger partial charge in [-0.2, -0.15) is 13.2 Å². The molecule has 1 aromatic carbocycles. The molecule has 0 atom stereocenters. The maximum absolute atomic E-state index is 12.6. The van der Waals surface area contributed by atoms with Gasteiger partial charge in [0.2, 0.25) is 5.89 Å². The molecule has 2 rings (SSSR count). The molecule has 2 aromatic rings. The van der Waals surface area contributed by atoms with Gasteiger partial charge in [-0.15, -0.1) is 0 Å². The van der Waals surface area contributed by atoms with Crippen LogP contribution in [0.2, 0.25) is 0 Å². The van der Waals surface area contributed by atoms with Gasteiger partial charge in [0.15, 0.2) is 5.96 Å². The van der Waals surface area contributed by atoms with E-state index < -0.39 is 11.7 Å². The third-order valence-electron chi connectivity index (χ3n) is 3.91.